The predicted octanol–water partition coefficient (Wildman–Crippen LogP) is 4.27. The molecule has 0 spiro atoms. The second kappa shape index (κ2) is 12.1. The van der Waals surface area contributed by atoms with Crippen molar-refractivity contribution in [2.45, 2.75) is 44.7 Å². The third-order valence-corrected chi connectivity index (χ3v) is 6.93. The zero-order valence-electron chi connectivity index (χ0n) is 21.4. The number of likely N-dealkylation sites (tertiary alicyclic amines) is 1. The van der Waals surface area contributed by atoms with Crippen molar-refractivity contribution in [2.75, 3.05) is 63.6 Å². The van der Waals surface area contributed by atoms with Crippen LogP contribution in [0.2, 0.25) is 0 Å². The minimum atomic E-state index is -4.59. The first-order chi connectivity index (χ1) is 17.7. The molecule has 0 aliphatic carbocycles. The highest BCUT2D eigenvalue weighted by atomic mass is 19.4. The number of amides is 1. The van der Waals surface area contributed by atoms with Crippen LogP contribution in [0, 0.1) is 0 Å². The summed E-state index contributed by atoms with van der Waals surface area (Å²) in [7, 11) is 2.12. The van der Waals surface area contributed by atoms with Gasteiger partial charge in [0.25, 0.3) is 0 Å². The summed E-state index contributed by atoms with van der Waals surface area (Å²) >= 11 is 0. The first-order valence-corrected chi connectivity index (χ1v) is 12.9. The molecule has 1 amide bonds. The summed E-state index contributed by atoms with van der Waals surface area (Å²) in [6.45, 7) is 6.18. The molecular weight excluding hydrogens is 485 g/mol. The second-order valence-corrected chi connectivity index (χ2v) is 9.62. The Labute approximate surface area is 215 Å². The fourth-order valence-electron chi connectivity index (χ4n) is 4.83. The summed E-state index contributed by atoms with van der Waals surface area (Å²) in [5.41, 5.74) is 2.20. The molecule has 1 atom stereocenters. The molecule has 3 heterocycles. The third-order valence-electron chi connectivity index (χ3n) is 6.93. The average Bonchev–Trinajstić information content (AvgIpc) is 3.20. The molecule has 0 bridgehead atoms. The molecule has 1 aromatic heterocycles. The quantitative estimate of drug-likeness (QED) is 0.478. The van der Waals surface area contributed by atoms with Gasteiger partial charge < -0.3 is 25.2 Å². The van der Waals surface area contributed by atoms with Gasteiger partial charge in [-0.15, -0.1) is 0 Å². The number of benzene rings is 1. The number of rotatable bonds is 9. The fraction of sp³-hybridized carbons (Fsp3) is 0.577. The van der Waals surface area contributed by atoms with Crippen molar-refractivity contribution in [2.24, 2.45) is 0 Å². The van der Waals surface area contributed by atoms with E-state index in [1.165, 1.54) is 5.56 Å². The minimum Gasteiger partial charge on any atom is -0.379 e. The Kier molecular flexibility index (Phi) is 8.86. The Morgan fingerprint density at radius 3 is 2.78 bits per heavy atom. The number of ether oxygens (including phenoxy) is 1. The number of hydrogen-bond acceptors (Lipinski definition) is 7. The Morgan fingerprint density at radius 1 is 1.22 bits per heavy atom. The molecule has 37 heavy (non-hydrogen) atoms. The molecule has 2 aliphatic heterocycles. The van der Waals surface area contributed by atoms with Gasteiger partial charge in [-0.25, -0.2) is 4.98 Å². The van der Waals surface area contributed by atoms with Gasteiger partial charge >= 0.3 is 6.18 Å². The molecule has 0 radical (unpaired) electrons. The molecule has 202 valence electrons. The lowest BCUT2D eigenvalue weighted by molar-refractivity contribution is -0.137. The van der Waals surface area contributed by atoms with Gasteiger partial charge in [0, 0.05) is 38.1 Å². The second-order valence-electron chi connectivity index (χ2n) is 9.62. The van der Waals surface area contributed by atoms with Crippen LogP contribution < -0.4 is 10.6 Å². The number of nitrogens with zero attached hydrogens (tertiary/aromatic N) is 4. The van der Waals surface area contributed by atoms with E-state index in [4.69, 9.17) is 4.74 Å². The monoisotopic (exact) mass is 520 g/mol. The van der Waals surface area contributed by atoms with Gasteiger partial charge in [-0.2, -0.15) is 18.2 Å². The van der Waals surface area contributed by atoms with Crippen molar-refractivity contribution in [3.05, 3.63) is 41.1 Å². The Balaban J connectivity index is 1.45. The topological polar surface area (TPSA) is 82.6 Å². The van der Waals surface area contributed by atoms with Gasteiger partial charge in [-0.05, 0) is 56.0 Å². The molecule has 2 saturated heterocycles. The summed E-state index contributed by atoms with van der Waals surface area (Å²) < 4.78 is 46.2. The van der Waals surface area contributed by atoms with Crippen LogP contribution in [0.25, 0.3) is 0 Å². The molecule has 0 saturated carbocycles. The standard InChI is InChI=1S/C26H35F3N6O2/c1-3-18-15-19(20-7-11-34(2)17-20)5-6-22(18)32-25-31-16-21(26(27,28)29)24(33-25)30-9-4-10-35-12-14-37-13-8-23(35)36/h5-6,15-16,20H,3-4,7-14,17H2,1-2H3,(H2,30,31,32,33). The Hall–Kier alpha value is -2.92. The van der Waals surface area contributed by atoms with Crippen molar-refractivity contribution in [3.63, 3.8) is 0 Å². The summed E-state index contributed by atoms with van der Waals surface area (Å²) in [5.74, 6) is 0.303. The van der Waals surface area contributed by atoms with Crippen LogP contribution in [0.5, 0.6) is 0 Å². The summed E-state index contributed by atoms with van der Waals surface area (Å²) in [6.07, 6.45) is -1.10. The fourth-order valence-corrected chi connectivity index (χ4v) is 4.83. The number of likely N-dealkylation sites (N-methyl/N-ethyl adjacent to an activating group) is 1. The lowest BCUT2D eigenvalue weighted by atomic mass is 9.95. The van der Waals surface area contributed by atoms with E-state index in [1.807, 2.05) is 13.0 Å². The highest BCUT2D eigenvalue weighted by Gasteiger charge is 2.35. The number of hydrogen-bond donors (Lipinski definition) is 2. The molecule has 2 fully saturated rings. The highest BCUT2D eigenvalue weighted by molar-refractivity contribution is 5.76. The third kappa shape index (κ3) is 7.10. The van der Waals surface area contributed by atoms with Crippen LogP contribution in [0.15, 0.2) is 24.4 Å². The van der Waals surface area contributed by atoms with Gasteiger partial charge in [-0.1, -0.05) is 19.1 Å². The molecule has 1 unspecified atom stereocenters. The van der Waals surface area contributed by atoms with Gasteiger partial charge in [0.1, 0.15) is 11.4 Å². The number of aryl methyl sites for hydroxylation is 1. The van der Waals surface area contributed by atoms with E-state index in [9.17, 15) is 18.0 Å². The van der Waals surface area contributed by atoms with E-state index in [1.54, 1.807) is 4.90 Å². The molecule has 1 aromatic carbocycles. The zero-order valence-corrected chi connectivity index (χ0v) is 21.4. The number of nitrogens with one attached hydrogen (secondary N) is 2. The Bertz CT molecular complexity index is 1080. The molecule has 2 N–H and O–H groups in total. The smallest absolute Gasteiger partial charge is 0.379 e. The van der Waals surface area contributed by atoms with Crippen molar-refractivity contribution in [3.8, 4) is 0 Å². The van der Waals surface area contributed by atoms with Gasteiger partial charge in [0.05, 0.1) is 19.6 Å². The maximum Gasteiger partial charge on any atom is 0.421 e. The summed E-state index contributed by atoms with van der Waals surface area (Å²) in [6, 6.07) is 6.21. The van der Waals surface area contributed by atoms with Crippen LogP contribution >= 0.6 is 0 Å². The lowest BCUT2D eigenvalue weighted by Gasteiger charge is -2.20. The maximum absolute atomic E-state index is 13.6. The van der Waals surface area contributed by atoms with Gasteiger partial charge in [-0.3, -0.25) is 4.79 Å². The van der Waals surface area contributed by atoms with E-state index < -0.39 is 11.7 Å². The minimum absolute atomic E-state index is 0.000276. The van der Waals surface area contributed by atoms with E-state index in [-0.39, 0.29) is 24.2 Å². The normalized spacial score (nSPS) is 19.2. The predicted molar refractivity (Wildman–Crippen MR) is 136 cm³/mol. The molecular formula is C26H35F3N6O2. The van der Waals surface area contributed by atoms with Crippen molar-refractivity contribution in [1.29, 1.82) is 0 Å². The van der Waals surface area contributed by atoms with Gasteiger partial charge in [0.2, 0.25) is 11.9 Å². The summed E-state index contributed by atoms with van der Waals surface area (Å²) in [5, 5.41) is 5.93. The van der Waals surface area contributed by atoms with Crippen LogP contribution in [-0.4, -0.2) is 78.7 Å². The Morgan fingerprint density at radius 2 is 2.05 bits per heavy atom. The molecule has 11 heteroatoms. The number of alkyl halides is 3. The van der Waals surface area contributed by atoms with Gasteiger partial charge in [0.15, 0.2) is 0 Å². The van der Waals surface area contributed by atoms with E-state index in [2.05, 4.69) is 44.7 Å². The summed E-state index contributed by atoms with van der Waals surface area (Å²) in [4.78, 5) is 24.2. The number of aromatic nitrogens is 2. The number of carbonyl (C=O) groups is 1. The van der Waals surface area contributed by atoms with E-state index in [0.717, 1.165) is 43.4 Å². The van der Waals surface area contributed by atoms with E-state index >= 15 is 0 Å². The largest absolute Gasteiger partial charge is 0.421 e. The maximum atomic E-state index is 13.6. The van der Waals surface area contributed by atoms with Crippen LogP contribution in [0.1, 0.15) is 48.8 Å². The number of carbonyl (C=O) groups excluding carboxylic acids is 1. The van der Waals surface area contributed by atoms with Crippen molar-refractivity contribution >= 4 is 23.4 Å². The van der Waals surface area contributed by atoms with Crippen LogP contribution in [-0.2, 0) is 22.1 Å². The molecule has 2 aliphatic rings. The van der Waals surface area contributed by atoms with Crippen LogP contribution in [0.4, 0.5) is 30.6 Å². The average molecular weight is 521 g/mol. The first-order valence-electron chi connectivity index (χ1n) is 12.9. The van der Waals surface area contributed by atoms with Crippen molar-refractivity contribution < 1.29 is 22.7 Å². The van der Waals surface area contributed by atoms with E-state index in [0.29, 0.717) is 45.1 Å². The number of anilines is 3. The SMILES string of the molecule is CCc1cc(C2CCN(C)C2)ccc1Nc1ncc(C(F)(F)F)c(NCCCN2CCOCCC2=O)n1. The lowest BCUT2D eigenvalue weighted by Crippen LogP contribution is -2.33. The van der Waals surface area contributed by atoms with Crippen molar-refractivity contribution in [1.82, 2.24) is 19.8 Å². The molecule has 4 rings (SSSR count). The number of halogens is 3. The first kappa shape index (κ1) is 27.1. The highest BCUT2D eigenvalue weighted by Crippen LogP contribution is 2.35. The molecule has 8 nitrogen and oxygen atoms in total. The van der Waals surface area contributed by atoms with Crippen LogP contribution in [0.3, 0.4) is 0 Å². The zero-order chi connectivity index (χ0) is 26.4. The molecule has 2 aromatic rings.